The maximum atomic E-state index is 11.5. The number of hydrogen-bond acceptors (Lipinski definition) is 2. The maximum absolute atomic E-state index is 11.5. The first kappa shape index (κ1) is 21.7. The van der Waals surface area contributed by atoms with Crippen LogP contribution in [-0.4, -0.2) is 5.97 Å². The lowest BCUT2D eigenvalue weighted by molar-refractivity contribution is -0.138. The van der Waals surface area contributed by atoms with Crippen molar-refractivity contribution in [1.29, 1.82) is 0 Å². The third-order valence-electron chi connectivity index (χ3n) is 3.98. The quantitative estimate of drug-likeness (QED) is 0.402. The second kappa shape index (κ2) is 13.9. The fourth-order valence-electron chi connectivity index (χ4n) is 2.20. The van der Waals surface area contributed by atoms with Crippen LogP contribution in [0, 0.1) is 12.8 Å². The molecular formula is C24H31O2. The van der Waals surface area contributed by atoms with Crippen molar-refractivity contribution in [3.8, 4) is 0 Å². The normalized spacial score (nSPS) is 11.5. The van der Waals surface area contributed by atoms with E-state index in [1.807, 2.05) is 60.7 Å². The lowest BCUT2D eigenvalue weighted by Gasteiger charge is -2.04. The van der Waals surface area contributed by atoms with E-state index in [0.717, 1.165) is 11.1 Å². The zero-order chi connectivity index (χ0) is 19.0. The van der Waals surface area contributed by atoms with E-state index in [1.165, 1.54) is 31.8 Å². The predicted octanol–water partition coefficient (Wildman–Crippen LogP) is 6.48. The van der Waals surface area contributed by atoms with E-state index in [-0.39, 0.29) is 5.97 Å². The maximum Gasteiger partial charge on any atom is 0.331 e. The summed E-state index contributed by atoms with van der Waals surface area (Å²) in [5, 5.41) is 0. The highest BCUT2D eigenvalue weighted by Gasteiger charge is 1.98. The Balaban J connectivity index is 0.000000359. The first-order valence-corrected chi connectivity index (χ1v) is 9.42. The molecule has 2 aromatic carbocycles. The van der Waals surface area contributed by atoms with Crippen LogP contribution in [-0.2, 0) is 16.1 Å². The van der Waals surface area contributed by atoms with Gasteiger partial charge in [0.1, 0.15) is 6.61 Å². The van der Waals surface area contributed by atoms with Gasteiger partial charge in [-0.15, -0.1) is 0 Å². The fraction of sp³-hybridized carbons (Fsp3) is 0.333. The van der Waals surface area contributed by atoms with Gasteiger partial charge < -0.3 is 4.74 Å². The topological polar surface area (TPSA) is 26.3 Å². The zero-order valence-corrected chi connectivity index (χ0v) is 16.1. The largest absolute Gasteiger partial charge is 0.458 e. The lowest BCUT2D eigenvalue weighted by atomic mass is 10.0. The van der Waals surface area contributed by atoms with Crippen LogP contribution in [0.4, 0.5) is 0 Å². The first-order chi connectivity index (χ1) is 12.7. The van der Waals surface area contributed by atoms with Crippen LogP contribution in [0.3, 0.4) is 0 Å². The lowest BCUT2D eigenvalue weighted by Crippen LogP contribution is -2.00. The SMILES string of the molecule is O=C(/C=C/c1ccccc1)OCc1ccccc1.[CH2]C(CC)CCCC. The van der Waals surface area contributed by atoms with Crippen molar-refractivity contribution in [2.75, 3.05) is 0 Å². The van der Waals surface area contributed by atoms with Crippen LogP contribution in [0.25, 0.3) is 6.08 Å². The van der Waals surface area contributed by atoms with E-state index >= 15 is 0 Å². The molecule has 0 aliphatic rings. The van der Waals surface area contributed by atoms with E-state index < -0.39 is 0 Å². The van der Waals surface area contributed by atoms with E-state index in [2.05, 4.69) is 20.8 Å². The number of unbranched alkanes of at least 4 members (excludes halogenated alkanes) is 1. The molecule has 0 fully saturated rings. The number of carbonyl (C=O) groups excluding carboxylic acids is 1. The summed E-state index contributed by atoms with van der Waals surface area (Å²) in [6.07, 6.45) is 8.40. The van der Waals surface area contributed by atoms with Crippen molar-refractivity contribution in [3.63, 3.8) is 0 Å². The third-order valence-corrected chi connectivity index (χ3v) is 3.98. The predicted molar refractivity (Wildman–Crippen MR) is 110 cm³/mol. The molecule has 0 saturated carbocycles. The van der Waals surface area contributed by atoms with E-state index in [4.69, 9.17) is 4.74 Å². The number of rotatable bonds is 8. The molecule has 0 aromatic heterocycles. The molecule has 2 aromatic rings. The number of benzene rings is 2. The van der Waals surface area contributed by atoms with Crippen molar-refractivity contribution in [1.82, 2.24) is 0 Å². The standard InChI is InChI=1S/C16H14O2.C8H17/c17-16(12-11-14-7-3-1-4-8-14)18-13-15-9-5-2-6-10-15;1-4-6-7-8(3)5-2/h1-12H,13H2;8H,3-7H2,1-2H3/b12-11+;. The molecule has 0 spiro atoms. The molecular weight excluding hydrogens is 320 g/mol. The Labute approximate surface area is 158 Å². The Bertz CT molecular complexity index is 617. The Kier molecular flexibility index (Phi) is 11.6. The van der Waals surface area contributed by atoms with E-state index in [1.54, 1.807) is 6.08 Å². The molecule has 0 aliphatic heterocycles. The highest BCUT2D eigenvalue weighted by atomic mass is 16.5. The van der Waals surface area contributed by atoms with Gasteiger partial charge in [-0.1, -0.05) is 107 Å². The minimum absolute atomic E-state index is 0.304. The average Bonchev–Trinajstić information content (AvgIpc) is 2.71. The molecule has 1 radical (unpaired) electrons. The first-order valence-electron chi connectivity index (χ1n) is 9.42. The molecule has 139 valence electrons. The van der Waals surface area contributed by atoms with E-state index in [0.29, 0.717) is 12.5 Å². The molecule has 1 unspecified atom stereocenters. The summed E-state index contributed by atoms with van der Waals surface area (Å²) in [5.41, 5.74) is 1.97. The molecule has 0 aliphatic carbocycles. The molecule has 0 heterocycles. The molecule has 0 N–H and O–H groups in total. The zero-order valence-electron chi connectivity index (χ0n) is 16.1. The van der Waals surface area contributed by atoms with Gasteiger partial charge in [0.05, 0.1) is 0 Å². The summed E-state index contributed by atoms with van der Waals surface area (Å²) in [6.45, 7) is 8.72. The second-order valence-electron chi connectivity index (χ2n) is 6.25. The molecule has 0 saturated heterocycles. The molecule has 0 bridgehead atoms. The summed E-state index contributed by atoms with van der Waals surface area (Å²) in [4.78, 5) is 11.5. The van der Waals surface area contributed by atoms with Crippen molar-refractivity contribution >= 4 is 12.0 Å². The molecule has 2 heteroatoms. The van der Waals surface area contributed by atoms with Gasteiger partial charge in [-0.2, -0.15) is 0 Å². The third kappa shape index (κ3) is 10.5. The summed E-state index contributed by atoms with van der Waals surface area (Å²) in [5.74, 6) is 0.373. The minimum atomic E-state index is -0.331. The van der Waals surface area contributed by atoms with Gasteiger partial charge in [0, 0.05) is 6.08 Å². The van der Waals surface area contributed by atoms with Crippen molar-refractivity contribution in [2.24, 2.45) is 5.92 Å². The summed E-state index contributed by atoms with van der Waals surface area (Å²) < 4.78 is 5.12. The molecule has 26 heavy (non-hydrogen) atoms. The van der Waals surface area contributed by atoms with Crippen molar-refractivity contribution in [2.45, 2.75) is 46.1 Å². The van der Waals surface area contributed by atoms with Gasteiger partial charge in [0.25, 0.3) is 0 Å². The van der Waals surface area contributed by atoms with Gasteiger partial charge in [-0.05, 0) is 23.1 Å². The van der Waals surface area contributed by atoms with Crippen LogP contribution >= 0.6 is 0 Å². The van der Waals surface area contributed by atoms with E-state index in [9.17, 15) is 4.79 Å². The van der Waals surface area contributed by atoms with Gasteiger partial charge in [0.15, 0.2) is 0 Å². The Morgan fingerprint density at radius 2 is 1.65 bits per heavy atom. The minimum Gasteiger partial charge on any atom is -0.458 e. The summed E-state index contributed by atoms with van der Waals surface area (Å²) in [6, 6.07) is 19.3. The van der Waals surface area contributed by atoms with Crippen LogP contribution in [0.2, 0.25) is 0 Å². The molecule has 2 nitrogen and oxygen atoms in total. The fourth-order valence-corrected chi connectivity index (χ4v) is 2.20. The number of ether oxygens (including phenoxy) is 1. The summed E-state index contributed by atoms with van der Waals surface area (Å²) >= 11 is 0. The van der Waals surface area contributed by atoms with Crippen LogP contribution < -0.4 is 0 Å². The Morgan fingerprint density at radius 1 is 1.04 bits per heavy atom. The Hall–Kier alpha value is -2.35. The monoisotopic (exact) mass is 351 g/mol. The Morgan fingerprint density at radius 3 is 2.23 bits per heavy atom. The van der Waals surface area contributed by atoms with Gasteiger partial charge in [0.2, 0.25) is 0 Å². The number of esters is 1. The number of carbonyl (C=O) groups is 1. The number of hydrogen-bond donors (Lipinski definition) is 0. The van der Waals surface area contributed by atoms with Crippen molar-refractivity contribution < 1.29 is 9.53 Å². The molecule has 1 atom stereocenters. The highest BCUT2D eigenvalue weighted by molar-refractivity contribution is 5.87. The van der Waals surface area contributed by atoms with Crippen LogP contribution in [0.15, 0.2) is 66.7 Å². The van der Waals surface area contributed by atoms with Crippen LogP contribution in [0.5, 0.6) is 0 Å². The van der Waals surface area contributed by atoms with Gasteiger partial charge >= 0.3 is 5.97 Å². The molecule has 0 amide bonds. The summed E-state index contributed by atoms with van der Waals surface area (Å²) in [7, 11) is 0. The highest BCUT2D eigenvalue weighted by Crippen LogP contribution is 2.09. The van der Waals surface area contributed by atoms with Gasteiger partial charge in [-0.3, -0.25) is 0 Å². The van der Waals surface area contributed by atoms with Crippen molar-refractivity contribution in [3.05, 3.63) is 84.8 Å². The van der Waals surface area contributed by atoms with Crippen LogP contribution in [0.1, 0.15) is 50.7 Å². The smallest absolute Gasteiger partial charge is 0.331 e. The second-order valence-corrected chi connectivity index (χ2v) is 6.25. The van der Waals surface area contributed by atoms with Gasteiger partial charge in [-0.25, -0.2) is 4.79 Å². The average molecular weight is 352 g/mol. The molecule has 2 rings (SSSR count).